The molecule has 5 aromatic carbocycles. The largest absolute Gasteiger partial charge is 0.455 e. The number of benzene rings is 5. The van der Waals surface area contributed by atoms with Crippen molar-refractivity contribution in [3.05, 3.63) is 121 Å². The van der Waals surface area contributed by atoms with E-state index in [4.69, 9.17) is 9.40 Å². The molecule has 0 radical (unpaired) electrons. The van der Waals surface area contributed by atoms with E-state index in [9.17, 15) is 0 Å². The van der Waals surface area contributed by atoms with Gasteiger partial charge in [-0.25, -0.2) is 4.98 Å². The van der Waals surface area contributed by atoms with Crippen LogP contribution in [0.15, 0.2) is 126 Å². The van der Waals surface area contributed by atoms with E-state index in [-0.39, 0.29) is 0 Å². The number of aromatic nitrogens is 2. The van der Waals surface area contributed by atoms with Crippen LogP contribution < -0.4 is 0 Å². The Hall–Kier alpha value is -5.02. The van der Waals surface area contributed by atoms with Crippen molar-refractivity contribution in [1.29, 1.82) is 0 Å². The second-order valence-corrected chi connectivity index (χ2v) is 9.43. The minimum Gasteiger partial charge on any atom is -0.455 e. The highest BCUT2D eigenvalue weighted by molar-refractivity contribution is 6.18. The Bertz CT molecular complexity index is 2140. The fraction of sp³-hybridized carbons (Fsp3) is 0. The Kier molecular flexibility index (Phi) is 4.23. The molecule has 0 aliphatic rings. The van der Waals surface area contributed by atoms with E-state index in [1.165, 1.54) is 10.8 Å². The summed E-state index contributed by atoms with van der Waals surface area (Å²) in [6.07, 6.45) is 1.83. The molecule has 8 rings (SSSR count). The van der Waals surface area contributed by atoms with Gasteiger partial charge in [-0.3, -0.25) is 4.98 Å². The van der Waals surface area contributed by atoms with Gasteiger partial charge in [-0.2, -0.15) is 0 Å². The van der Waals surface area contributed by atoms with Crippen molar-refractivity contribution in [3.63, 3.8) is 0 Å². The van der Waals surface area contributed by atoms with E-state index in [1.54, 1.807) is 0 Å². The molecule has 37 heavy (non-hydrogen) atoms. The van der Waals surface area contributed by atoms with Crippen molar-refractivity contribution in [2.45, 2.75) is 0 Å². The fourth-order valence-corrected chi connectivity index (χ4v) is 5.50. The van der Waals surface area contributed by atoms with Crippen molar-refractivity contribution in [3.8, 4) is 22.4 Å². The van der Waals surface area contributed by atoms with Crippen LogP contribution in [0.3, 0.4) is 0 Å². The fourth-order valence-electron chi connectivity index (χ4n) is 5.50. The second kappa shape index (κ2) is 7.74. The molecule has 0 fully saturated rings. The molecule has 0 amide bonds. The first kappa shape index (κ1) is 20.2. The molecule has 0 atom stereocenters. The van der Waals surface area contributed by atoms with Crippen LogP contribution in [0.1, 0.15) is 0 Å². The molecule has 0 bridgehead atoms. The van der Waals surface area contributed by atoms with Gasteiger partial charge in [0.05, 0.1) is 16.7 Å². The van der Waals surface area contributed by atoms with Crippen LogP contribution in [0, 0.1) is 0 Å². The zero-order chi connectivity index (χ0) is 24.3. The summed E-state index contributed by atoms with van der Waals surface area (Å²) in [5.41, 5.74) is 7.94. The third-order valence-corrected chi connectivity index (χ3v) is 7.29. The molecule has 3 aromatic heterocycles. The minimum atomic E-state index is 0.909. The predicted molar refractivity (Wildman–Crippen MR) is 153 cm³/mol. The van der Waals surface area contributed by atoms with Gasteiger partial charge in [-0.15, -0.1) is 0 Å². The highest BCUT2D eigenvalue weighted by Gasteiger charge is 2.16. The zero-order valence-corrected chi connectivity index (χ0v) is 19.8. The van der Waals surface area contributed by atoms with E-state index in [1.807, 2.05) is 24.4 Å². The first-order valence-electron chi connectivity index (χ1n) is 12.4. The summed E-state index contributed by atoms with van der Waals surface area (Å²) < 4.78 is 6.43. The number of hydrogen-bond acceptors (Lipinski definition) is 3. The van der Waals surface area contributed by atoms with Gasteiger partial charge in [0.2, 0.25) is 0 Å². The Morgan fingerprint density at radius 1 is 0.514 bits per heavy atom. The van der Waals surface area contributed by atoms with Gasteiger partial charge in [-0.1, -0.05) is 91.0 Å². The predicted octanol–water partition coefficient (Wildman–Crippen LogP) is 9.17. The van der Waals surface area contributed by atoms with Crippen LogP contribution in [0.2, 0.25) is 0 Å². The summed E-state index contributed by atoms with van der Waals surface area (Å²) in [5.74, 6) is 0. The SMILES string of the molecule is c1ccc2c(-c3ccc(-c4ccc5ccc6cccnc6c5n4)cc3)c3oc4ccccc4c3cc2c1. The molecule has 3 heterocycles. The minimum absolute atomic E-state index is 0.909. The Balaban J connectivity index is 1.32. The number of furan rings is 1. The lowest BCUT2D eigenvalue weighted by molar-refractivity contribution is 0.670. The highest BCUT2D eigenvalue weighted by atomic mass is 16.3. The van der Waals surface area contributed by atoms with E-state index in [0.717, 1.165) is 66.1 Å². The average Bonchev–Trinajstić information content (AvgIpc) is 3.34. The molecule has 0 saturated heterocycles. The molecular formula is C34H20N2O. The number of para-hydroxylation sites is 1. The van der Waals surface area contributed by atoms with Crippen molar-refractivity contribution in [2.75, 3.05) is 0 Å². The van der Waals surface area contributed by atoms with Crippen LogP contribution in [0.4, 0.5) is 0 Å². The summed E-state index contributed by atoms with van der Waals surface area (Å²) in [6.45, 7) is 0. The molecule has 0 aliphatic carbocycles. The van der Waals surface area contributed by atoms with Crippen molar-refractivity contribution in [1.82, 2.24) is 9.97 Å². The molecule has 0 aliphatic heterocycles. The van der Waals surface area contributed by atoms with Gasteiger partial charge >= 0.3 is 0 Å². The topological polar surface area (TPSA) is 38.9 Å². The maximum absolute atomic E-state index is 6.43. The van der Waals surface area contributed by atoms with Crippen LogP contribution >= 0.6 is 0 Å². The van der Waals surface area contributed by atoms with Crippen LogP contribution in [0.25, 0.3) is 76.9 Å². The standard InChI is InChI=1S/C34H20N2O/c1-2-8-26-25(6-1)20-28-27-9-3-4-10-30(27)37-34(28)31(26)22-13-11-21(12-14-22)29-18-17-24-16-15-23-7-5-19-35-32(23)33(24)36-29/h1-20H. The molecule has 172 valence electrons. The number of hydrogen-bond donors (Lipinski definition) is 0. The van der Waals surface area contributed by atoms with Gasteiger partial charge in [0.25, 0.3) is 0 Å². The Morgan fingerprint density at radius 3 is 2.11 bits per heavy atom. The second-order valence-electron chi connectivity index (χ2n) is 9.43. The van der Waals surface area contributed by atoms with E-state index in [0.29, 0.717) is 0 Å². The number of fused-ring (bicyclic) bond motifs is 7. The Labute approximate surface area is 212 Å². The summed E-state index contributed by atoms with van der Waals surface area (Å²) in [5, 5.41) is 6.86. The zero-order valence-electron chi connectivity index (χ0n) is 19.8. The van der Waals surface area contributed by atoms with Gasteiger partial charge in [-0.05, 0) is 40.6 Å². The van der Waals surface area contributed by atoms with Gasteiger partial charge in [0.1, 0.15) is 11.2 Å². The van der Waals surface area contributed by atoms with Crippen molar-refractivity contribution in [2.24, 2.45) is 0 Å². The van der Waals surface area contributed by atoms with E-state index < -0.39 is 0 Å². The smallest absolute Gasteiger partial charge is 0.143 e. The maximum atomic E-state index is 6.43. The van der Waals surface area contributed by atoms with Crippen molar-refractivity contribution >= 4 is 54.5 Å². The summed E-state index contributed by atoms with van der Waals surface area (Å²) in [6, 6.07) is 40.1. The number of nitrogens with zero attached hydrogens (tertiary/aromatic N) is 2. The molecular weight excluding hydrogens is 452 g/mol. The summed E-state index contributed by atoms with van der Waals surface area (Å²) in [4.78, 5) is 9.62. The third kappa shape index (κ3) is 3.08. The monoisotopic (exact) mass is 472 g/mol. The first-order chi connectivity index (χ1) is 18.3. The number of pyridine rings is 2. The van der Waals surface area contributed by atoms with Crippen molar-refractivity contribution < 1.29 is 4.42 Å². The maximum Gasteiger partial charge on any atom is 0.143 e. The molecule has 8 aromatic rings. The molecule has 3 heteroatoms. The van der Waals surface area contributed by atoms with E-state index >= 15 is 0 Å². The normalized spacial score (nSPS) is 11.8. The summed E-state index contributed by atoms with van der Waals surface area (Å²) >= 11 is 0. The average molecular weight is 473 g/mol. The number of rotatable bonds is 2. The third-order valence-electron chi connectivity index (χ3n) is 7.29. The molecule has 3 nitrogen and oxygen atoms in total. The van der Waals surface area contributed by atoms with Gasteiger partial charge in [0.15, 0.2) is 0 Å². The van der Waals surface area contributed by atoms with Gasteiger partial charge in [0, 0.05) is 38.9 Å². The van der Waals surface area contributed by atoms with Gasteiger partial charge < -0.3 is 4.42 Å². The lowest BCUT2D eigenvalue weighted by Gasteiger charge is -2.10. The molecule has 0 unspecified atom stereocenters. The van der Waals surface area contributed by atoms with Crippen LogP contribution in [0.5, 0.6) is 0 Å². The summed E-state index contributed by atoms with van der Waals surface area (Å²) in [7, 11) is 0. The lowest BCUT2D eigenvalue weighted by atomic mass is 9.94. The molecule has 0 spiro atoms. The molecule has 0 saturated carbocycles. The first-order valence-corrected chi connectivity index (χ1v) is 12.4. The highest BCUT2D eigenvalue weighted by Crippen LogP contribution is 2.41. The molecule has 0 N–H and O–H groups in total. The van der Waals surface area contributed by atoms with Crippen LogP contribution in [-0.2, 0) is 0 Å². The quantitative estimate of drug-likeness (QED) is 0.235. The Morgan fingerprint density at radius 2 is 1.22 bits per heavy atom. The lowest BCUT2D eigenvalue weighted by Crippen LogP contribution is -1.89. The van der Waals surface area contributed by atoms with Crippen LogP contribution in [-0.4, -0.2) is 9.97 Å². The van der Waals surface area contributed by atoms with E-state index in [2.05, 4.69) is 102 Å².